The zero-order valence-electron chi connectivity index (χ0n) is 11.3. The number of para-hydroxylation sites is 2. The number of benzene rings is 2. The molecular weight excluding hydrogens is 250 g/mol. The highest BCUT2D eigenvalue weighted by molar-refractivity contribution is 5.75. The summed E-state index contributed by atoms with van der Waals surface area (Å²) in [6, 6.07) is 15.3. The van der Waals surface area contributed by atoms with Crippen molar-refractivity contribution in [1.29, 1.82) is 0 Å². The second-order valence-electron chi connectivity index (χ2n) is 4.97. The molecule has 3 N–H and O–H groups in total. The predicted molar refractivity (Wildman–Crippen MR) is 80.2 cm³/mol. The minimum absolute atomic E-state index is 0.467. The topological polar surface area (TPSA) is 64.1 Å². The van der Waals surface area contributed by atoms with Gasteiger partial charge in [-0.2, -0.15) is 0 Å². The summed E-state index contributed by atoms with van der Waals surface area (Å²) in [5.74, 6) is 0.862. The first-order valence-corrected chi connectivity index (χ1v) is 6.59. The van der Waals surface area contributed by atoms with Gasteiger partial charge in [0.1, 0.15) is 5.82 Å². The normalized spacial score (nSPS) is 12.7. The van der Waals surface area contributed by atoms with E-state index in [1.165, 1.54) is 0 Å². The zero-order valence-corrected chi connectivity index (χ0v) is 11.3. The van der Waals surface area contributed by atoms with Crippen LogP contribution in [0.5, 0.6) is 0 Å². The standard InChI is InChI=1S/C16H17N3O/c1-19-14-8-3-2-7-13(14)18-16(19)10-15(20)11-5-4-6-12(17)9-11/h2-9,15,20H,10,17H2,1H3. The number of nitrogens with zero attached hydrogens (tertiary/aromatic N) is 2. The van der Waals surface area contributed by atoms with Gasteiger partial charge in [-0.15, -0.1) is 0 Å². The van der Waals surface area contributed by atoms with Gasteiger partial charge in [-0.05, 0) is 29.8 Å². The molecule has 0 fully saturated rings. The molecular formula is C16H17N3O. The Labute approximate surface area is 117 Å². The molecule has 1 aromatic heterocycles. The molecule has 1 atom stereocenters. The van der Waals surface area contributed by atoms with Gasteiger partial charge in [0.2, 0.25) is 0 Å². The number of nitrogen functional groups attached to an aromatic ring is 1. The molecule has 0 saturated heterocycles. The van der Waals surface area contributed by atoms with Crippen LogP contribution in [0.4, 0.5) is 5.69 Å². The first-order valence-electron chi connectivity index (χ1n) is 6.59. The molecule has 0 radical (unpaired) electrons. The number of aliphatic hydroxyl groups is 1. The van der Waals surface area contributed by atoms with Crippen molar-refractivity contribution >= 4 is 16.7 Å². The Morgan fingerprint density at radius 3 is 2.75 bits per heavy atom. The molecule has 1 heterocycles. The number of hydrogen-bond donors (Lipinski definition) is 2. The zero-order chi connectivity index (χ0) is 14.1. The summed E-state index contributed by atoms with van der Waals surface area (Å²) in [7, 11) is 1.97. The number of aliphatic hydroxyl groups excluding tert-OH is 1. The summed E-state index contributed by atoms with van der Waals surface area (Å²) in [6.45, 7) is 0. The Kier molecular flexibility index (Phi) is 3.16. The lowest BCUT2D eigenvalue weighted by atomic mass is 10.1. The van der Waals surface area contributed by atoms with Crippen LogP contribution in [0.15, 0.2) is 48.5 Å². The predicted octanol–water partition coefficient (Wildman–Crippen LogP) is 2.43. The van der Waals surface area contributed by atoms with E-state index in [4.69, 9.17) is 5.73 Å². The largest absolute Gasteiger partial charge is 0.399 e. The van der Waals surface area contributed by atoms with Crippen LogP contribution in [0.1, 0.15) is 17.5 Å². The van der Waals surface area contributed by atoms with E-state index in [9.17, 15) is 5.11 Å². The van der Waals surface area contributed by atoms with Crippen molar-refractivity contribution in [2.75, 3.05) is 5.73 Å². The molecule has 0 amide bonds. The van der Waals surface area contributed by atoms with E-state index in [2.05, 4.69) is 4.98 Å². The molecule has 4 heteroatoms. The Morgan fingerprint density at radius 1 is 1.20 bits per heavy atom. The third-order valence-corrected chi connectivity index (χ3v) is 3.55. The SMILES string of the molecule is Cn1c(CC(O)c2cccc(N)c2)nc2ccccc21. The van der Waals surface area contributed by atoms with Crippen LogP contribution in [-0.2, 0) is 13.5 Å². The fourth-order valence-electron chi connectivity index (χ4n) is 2.44. The van der Waals surface area contributed by atoms with Gasteiger partial charge in [-0.25, -0.2) is 4.98 Å². The van der Waals surface area contributed by atoms with E-state index >= 15 is 0 Å². The second-order valence-corrected chi connectivity index (χ2v) is 4.97. The monoisotopic (exact) mass is 267 g/mol. The minimum Gasteiger partial charge on any atom is -0.399 e. The molecule has 2 aromatic carbocycles. The Bertz CT molecular complexity index is 748. The van der Waals surface area contributed by atoms with Crippen molar-refractivity contribution in [3.05, 3.63) is 59.9 Å². The van der Waals surface area contributed by atoms with Crippen LogP contribution in [0.2, 0.25) is 0 Å². The molecule has 0 aliphatic carbocycles. The number of rotatable bonds is 3. The summed E-state index contributed by atoms with van der Waals surface area (Å²) in [4.78, 5) is 4.57. The highest BCUT2D eigenvalue weighted by atomic mass is 16.3. The lowest BCUT2D eigenvalue weighted by molar-refractivity contribution is 0.175. The fourth-order valence-corrected chi connectivity index (χ4v) is 2.44. The molecule has 102 valence electrons. The van der Waals surface area contributed by atoms with Crippen LogP contribution in [0.3, 0.4) is 0 Å². The number of nitrogens with two attached hydrogens (primary N) is 1. The maximum absolute atomic E-state index is 10.3. The molecule has 1 unspecified atom stereocenters. The van der Waals surface area contributed by atoms with Crippen molar-refractivity contribution in [3.8, 4) is 0 Å². The quantitative estimate of drug-likeness (QED) is 0.716. The van der Waals surface area contributed by atoms with Gasteiger partial charge in [-0.3, -0.25) is 0 Å². The van der Waals surface area contributed by atoms with E-state index in [0.29, 0.717) is 12.1 Å². The van der Waals surface area contributed by atoms with Crippen LogP contribution in [-0.4, -0.2) is 14.7 Å². The summed E-state index contributed by atoms with van der Waals surface area (Å²) in [5.41, 5.74) is 9.25. The number of fused-ring (bicyclic) bond motifs is 1. The van der Waals surface area contributed by atoms with Crippen molar-refractivity contribution < 1.29 is 5.11 Å². The molecule has 20 heavy (non-hydrogen) atoms. The Morgan fingerprint density at radius 2 is 2.00 bits per heavy atom. The van der Waals surface area contributed by atoms with Crippen LogP contribution in [0.25, 0.3) is 11.0 Å². The molecule has 4 nitrogen and oxygen atoms in total. The van der Waals surface area contributed by atoms with Crippen LogP contribution in [0, 0.1) is 0 Å². The Hall–Kier alpha value is -2.33. The number of hydrogen-bond acceptors (Lipinski definition) is 3. The van der Waals surface area contributed by atoms with Gasteiger partial charge < -0.3 is 15.4 Å². The summed E-state index contributed by atoms with van der Waals surface area (Å²) in [5, 5.41) is 10.3. The van der Waals surface area contributed by atoms with Crippen LogP contribution < -0.4 is 5.73 Å². The second kappa shape index (κ2) is 4.98. The first kappa shape index (κ1) is 12.7. The van der Waals surface area contributed by atoms with Crippen molar-refractivity contribution in [3.63, 3.8) is 0 Å². The van der Waals surface area contributed by atoms with E-state index in [0.717, 1.165) is 22.4 Å². The van der Waals surface area contributed by atoms with E-state index in [1.54, 1.807) is 6.07 Å². The Balaban J connectivity index is 1.91. The lowest BCUT2D eigenvalue weighted by Crippen LogP contribution is -2.07. The maximum atomic E-state index is 10.3. The van der Waals surface area contributed by atoms with E-state index < -0.39 is 6.10 Å². The molecule has 0 saturated carbocycles. The molecule has 3 aromatic rings. The van der Waals surface area contributed by atoms with E-state index in [-0.39, 0.29) is 0 Å². The summed E-state index contributed by atoms with van der Waals surface area (Å²) < 4.78 is 2.02. The smallest absolute Gasteiger partial charge is 0.112 e. The maximum Gasteiger partial charge on any atom is 0.112 e. The highest BCUT2D eigenvalue weighted by Gasteiger charge is 2.14. The van der Waals surface area contributed by atoms with Gasteiger partial charge in [0.15, 0.2) is 0 Å². The van der Waals surface area contributed by atoms with Crippen molar-refractivity contribution in [2.45, 2.75) is 12.5 Å². The third-order valence-electron chi connectivity index (χ3n) is 3.55. The average molecular weight is 267 g/mol. The highest BCUT2D eigenvalue weighted by Crippen LogP contribution is 2.22. The van der Waals surface area contributed by atoms with E-state index in [1.807, 2.05) is 54.1 Å². The van der Waals surface area contributed by atoms with Gasteiger partial charge in [0.25, 0.3) is 0 Å². The van der Waals surface area contributed by atoms with Gasteiger partial charge in [-0.1, -0.05) is 24.3 Å². The van der Waals surface area contributed by atoms with Crippen LogP contribution >= 0.6 is 0 Å². The molecule has 0 bridgehead atoms. The first-order chi connectivity index (χ1) is 9.65. The van der Waals surface area contributed by atoms with Crippen molar-refractivity contribution in [1.82, 2.24) is 9.55 Å². The average Bonchev–Trinajstić information content (AvgIpc) is 2.76. The van der Waals surface area contributed by atoms with Gasteiger partial charge in [0.05, 0.1) is 17.1 Å². The molecule has 3 rings (SSSR count). The minimum atomic E-state index is -0.603. The molecule has 0 aliphatic heterocycles. The number of imidazole rings is 1. The number of anilines is 1. The molecule has 0 spiro atoms. The third kappa shape index (κ3) is 2.26. The molecule has 0 aliphatic rings. The number of aryl methyl sites for hydroxylation is 1. The van der Waals surface area contributed by atoms with Crippen molar-refractivity contribution in [2.24, 2.45) is 7.05 Å². The lowest BCUT2D eigenvalue weighted by Gasteiger charge is -2.11. The summed E-state index contributed by atoms with van der Waals surface area (Å²) in [6.07, 6.45) is -0.136. The van der Waals surface area contributed by atoms with Gasteiger partial charge in [0, 0.05) is 19.2 Å². The fraction of sp³-hybridized carbons (Fsp3) is 0.188. The van der Waals surface area contributed by atoms with Gasteiger partial charge >= 0.3 is 0 Å². The summed E-state index contributed by atoms with van der Waals surface area (Å²) >= 11 is 0. The number of aromatic nitrogens is 2.